The number of carbonyl (C=O) groups is 9. The number of carbonyl (C=O) groups excluding carboxylic acids is 8. The van der Waals surface area contributed by atoms with Gasteiger partial charge in [-0.15, -0.1) is 0 Å². The van der Waals surface area contributed by atoms with Crippen molar-refractivity contribution in [2.45, 2.75) is 202 Å². The molecule has 4 aliphatic rings. The van der Waals surface area contributed by atoms with Crippen molar-refractivity contribution in [1.82, 2.24) is 21.3 Å². The fourth-order valence-corrected chi connectivity index (χ4v) is 10.5. The number of hydrogen-bond acceptors (Lipinski definition) is 15. The van der Waals surface area contributed by atoms with Gasteiger partial charge < -0.3 is 74.3 Å². The Morgan fingerprint density at radius 3 is 2.06 bits per heavy atom. The van der Waals surface area contributed by atoms with Crippen LogP contribution in [0.1, 0.15) is 172 Å². The Kier molecular flexibility index (Phi) is 36.9. The normalized spacial score (nSPS) is 21.2. The number of anilines is 1. The molecule has 6 unspecified atom stereocenters. The number of methoxy groups -OCH3 is 1. The zero-order valence-electron chi connectivity index (χ0n) is 53.7. The summed E-state index contributed by atoms with van der Waals surface area (Å²) < 4.78 is 27.7. The molecule has 0 radical (unpaired) electrons. The Hall–Kier alpha value is -6.03. The van der Waals surface area contributed by atoms with Crippen molar-refractivity contribution >= 4 is 59.2 Å². The van der Waals surface area contributed by atoms with Gasteiger partial charge in [0.15, 0.2) is 0 Å². The smallest absolute Gasteiger partial charge is 0.330 e. The average Bonchev–Trinajstić information content (AvgIpc) is 1.53. The number of amides is 6. The fourth-order valence-electron chi connectivity index (χ4n) is 10.5. The van der Waals surface area contributed by atoms with E-state index in [9.17, 15) is 43.2 Å². The zero-order valence-corrected chi connectivity index (χ0v) is 56.7. The number of nitrogens with one attached hydrogen (secondary N) is 5. The minimum atomic E-state index is -1.17. The standard InChI is InChI=1S/C42H63N5O12.C14H20O2.C4H10N2O.C2H6.CH3.Zn/c1-26(2)37(46-32(48)14-10-9-13-22-43)40(55)44-28(4)39(54)45-31-19-17-30(18-20-31)29(5)59-36(53)25-42(6,7)24-33(49)47-38(41(56)57-8)27(3)21-23-58-35(52)16-12-11-15-34(50)51;1-9-3-4-10-11(7-9)16-12-5-6-13(10,2)14(12)8-15-14;1-2-3-6-4(5)7;1-2;;/h11-12,15-20,26-29,37-38H,9-10,13-14,21-25,43H2,1-8H3,(H,44,55)(H,45,54)(H,46,48)(H,47,49)(H,50,51);7,10-12H,3-6,8H2,1-2H3;2-3H2,1H3,(H3,5,6,7);1-2H3;1H3;/q;;;;-1;/b15-11-,16-12+;;;;;/t27-,28+,29?,37?,38?;10?,11-,12?,13?,14+;;;;/m11..../s1. The van der Waals surface area contributed by atoms with Crippen LogP contribution >= 0.6 is 0 Å². The van der Waals surface area contributed by atoms with E-state index in [1.807, 2.05) is 20.8 Å². The molecule has 10 N–H and O–H groups in total. The third-order valence-corrected chi connectivity index (χ3v) is 15.3. The van der Waals surface area contributed by atoms with Gasteiger partial charge in [0.25, 0.3) is 0 Å². The molecular weight excluding hydrogens is 1160 g/mol. The van der Waals surface area contributed by atoms with Crippen molar-refractivity contribution in [3.63, 3.8) is 0 Å². The quantitative estimate of drug-likeness (QED) is 0.00456. The number of esters is 3. The number of nitrogens with two attached hydrogens (primary N) is 2. The predicted molar refractivity (Wildman–Crippen MR) is 326 cm³/mol. The van der Waals surface area contributed by atoms with Crippen molar-refractivity contribution in [1.29, 1.82) is 0 Å². The van der Waals surface area contributed by atoms with Gasteiger partial charge in [-0.25, -0.2) is 19.2 Å². The van der Waals surface area contributed by atoms with E-state index in [0.717, 1.165) is 44.1 Å². The molecule has 1 aromatic rings. The van der Waals surface area contributed by atoms with E-state index in [2.05, 4.69) is 46.5 Å². The van der Waals surface area contributed by atoms with Crippen LogP contribution < -0.4 is 38.1 Å². The molecular formula is C63H102N7O15Zn-. The monoisotopic (exact) mass is 1260 g/mol. The van der Waals surface area contributed by atoms with E-state index < -0.39 is 83.2 Å². The summed E-state index contributed by atoms with van der Waals surface area (Å²) in [6.45, 7) is 24.7. The first-order valence-electron chi connectivity index (χ1n) is 29.6. The van der Waals surface area contributed by atoms with Crippen molar-refractivity contribution in [3.05, 3.63) is 73.2 Å². The molecule has 10 atom stereocenters. The van der Waals surface area contributed by atoms with Gasteiger partial charge in [0.1, 0.15) is 29.8 Å². The van der Waals surface area contributed by atoms with Gasteiger partial charge in [-0.3, -0.25) is 24.0 Å². The third kappa shape index (κ3) is 26.5. The number of carboxylic acid groups (broad SMARTS) is 1. The first kappa shape index (κ1) is 80.0. The Morgan fingerprint density at radius 2 is 1.50 bits per heavy atom. The maximum Gasteiger partial charge on any atom is 0.330 e. The summed E-state index contributed by atoms with van der Waals surface area (Å²) in [5.74, 6) is -4.85. The molecule has 2 heterocycles. The number of benzene rings is 1. The molecule has 2 aliphatic heterocycles. The predicted octanol–water partition coefficient (Wildman–Crippen LogP) is 7.84. The molecule has 2 saturated heterocycles. The summed E-state index contributed by atoms with van der Waals surface area (Å²) >= 11 is 0. The van der Waals surface area contributed by atoms with Crippen LogP contribution in [-0.2, 0) is 81.5 Å². The molecule has 482 valence electrons. The van der Waals surface area contributed by atoms with Gasteiger partial charge in [0, 0.05) is 62.1 Å². The van der Waals surface area contributed by atoms with E-state index in [1.54, 1.807) is 65.8 Å². The van der Waals surface area contributed by atoms with Crippen molar-refractivity contribution in [2.75, 3.05) is 38.7 Å². The number of unbranched alkanes of at least 4 members (excludes halogenated alkanes) is 2. The minimum Gasteiger partial charge on any atom is -0.478 e. The number of carboxylic acids is 1. The number of ether oxygens (including phenoxy) is 5. The second kappa shape index (κ2) is 39.7. The SMILES string of the molecule is CC.CC1=C[C@H]2OC3CCC(C)(C2CC1)[C@]31CO1.CCCNC(N)=O.COC(=O)C(NC(=O)CC(C)(C)CC(=O)OC(C)c1ccc(NC(=O)[C@H](C)NC(=O)C(NC(=O)CCCCCN)C(C)C)cc1)[C@H](C)CCOC(=O)/C=C/C=C\C(=O)O.[CH3-].[Zn]. The summed E-state index contributed by atoms with van der Waals surface area (Å²) in [4.78, 5) is 109. The van der Waals surface area contributed by atoms with Crippen LogP contribution in [0.15, 0.2) is 60.2 Å². The number of hydrogen-bond donors (Lipinski definition) is 8. The summed E-state index contributed by atoms with van der Waals surface area (Å²) in [6.07, 6.45) is 15.2. The van der Waals surface area contributed by atoms with Crippen LogP contribution in [0.2, 0.25) is 0 Å². The zero-order chi connectivity index (χ0) is 63.4. The Morgan fingerprint density at radius 1 is 0.872 bits per heavy atom. The summed E-state index contributed by atoms with van der Waals surface area (Å²) in [5, 5.41) is 21.9. The first-order valence-corrected chi connectivity index (χ1v) is 29.6. The molecule has 22 nitrogen and oxygen atoms in total. The summed E-state index contributed by atoms with van der Waals surface area (Å²) in [7, 11) is 1.18. The molecule has 3 fully saturated rings. The number of fused-ring (bicyclic) bond motifs is 2. The average molecular weight is 1260 g/mol. The van der Waals surface area contributed by atoms with Crippen LogP contribution in [-0.4, -0.2) is 128 Å². The van der Waals surface area contributed by atoms with Crippen molar-refractivity contribution < 1.29 is 91.4 Å². The molecule has 2 aliphatic carbocycles. The summed E-state index contributed by atoms with van der Waals surface area (Å²) in [6, 6.07) is 3.40. The molecule has 86 heavy (non-hydrogen) atoms. The summed E-state index contributed by atoms with van der Waals surface area (Å²) in [5.41, 5.74) is 12.5. The maximum absolute atomic E-state index is 13.1. The fraction of sp³-hybridized carbons (Fsp3) is 0.651. The Labute approximate surface area is 523 Å². The maximum atomic E-state index is 13.1. The van der Waals surface area contributed by atoms with E-state index in [-0.39, 0.29) is 76.6 Å². The van der Waals surface area contributed by atoms with Crippen LogP contribution in [0.3, 0.4) is 0 Å². The van der Waals surface area contributed by atoms with Crippen LogP contribution in [0.4, 0.5) is 10.5 Å². The van der Waals surface area contributed by atoms with Gasteiger partial charge in [0.05, 0.1) is 39.0 Å². The minimum absolute atomic E-state index is 0. The number of epoxide rings is 1. The van der Waals surface area contributed by atoms with Gasteiger partial charge >= 0.3 is 29.9 Å². The van der Waals surface area contributed by atoms with Gasteiger partial charge in [-0.2, -0.15) is 0 Å². The number of aliphatic carboxylic acids is 1. The molecule has 6 amide bonds. The third-order valence-electron chi connectivity index (χ3n) is 15.3. The molecule has 23 heteroatoms. The second-order valence-electron chi connectivity index (χ2n) is 23.1. The van der Waals surface area contributed by atoms with Gasteiger partial charge in [0.2, 0.25) is 23.6 Å². The largest absolute Gasteiger partial charge is 0.478 e. The van der Waals surface area contributed by atoms with Crippen LogP contribution in [0.25, 0.3) is 0 Å². The van der Waals surface area contributed by atoms with Crippen molar-refractivity contribution in [2.24, 2.45) is 40.1 Å². The van der Waals surface area contributed by atoms with E-state index >= 15 is 0 Å². The van der Waals surface area contributed by atoms with Crippen LogP contribution in [0, 0.1) is 36.0 Å². The molecule has 1 saturated carbocycles. The molecule has 1 aromatic carbocycles. The topological polar surface area (TPSA) is 336 Å². The van der Waals surface area contributed by atoms with E-state index in [0.29, 0.717) is 54.3 Å². The first-order chi connectivity index (χ1) is 39.6. The molecule has 1 spiro atoms. The second-order valence-corrected chi connectivity index (χ2v) is 23.1. The Balaban J connectivity index is 0.00000216. The molecule has 5 rings (SSSR count). The van der Waals surface area contributed by atoms with Crippen LogP contribution in [0.5, 0.6) is 0 Å². The van der Waals surface area contributed by atoms with E-state index in [1.165, 1.54) is 51.4 Å². The Bertz CT molecular complexity index is 2430. The molecule has 0 aromatic heterocycles. The number of allylic oxidation sites excluding steroid dienone is 3. The van der Waals surface area contributed by atoms with Gasteiger partial charge in [-0.05, 0) is 120 Å². The van der Waals surface area contributed by atoms with Crippen molar-refractivity contribution in [3.8, 4) is 0 Å². The van der Waals surface area contributed by atoms with E-state index in [4.69, 9.17) is 40.3 Å². The number of urea groups is 1. The number of primary amides is 1. The van der Waals surface area contributed by atoms with Gasteiger partial charge in [-0.1, -0.05) is 105 Å². The molecule has 2 bridgehead atoms. The number of rotatable bonds is 28.